The molecule has 1 saturated heterocycles. The number of nitrogens with two attached hydrogens (primary N) is 1. The van der Waals surface area contributed by atoms with Crippen LogP contribution in [0.4, 0.5) is 0 Å². The lowest BCUT2D eigenvalue weighted by atomic mass is 10.0. The van der Waals surface area contributed by atoms with Gasteiger partial charge in [-0.2, -0.15) is 0 Å². The van der Waals surface area contributed by atoms with E-state index >= 15 is 0 Å². The van der Waals surface area contributed by atoms with Crippen LogP contribution in [0.5, 0.6) is 11.5 Å². The third kappa shape index (κ3) is 2.78. The average molecular weight is 280 g/mol. The molecule has 0 aliphatic carbocycles. The van der Waals surface area contributed by atoms with Crippen molar-refractivity contribution in [3.05, 3.63) is 23.8 Å². The molecule has 19 heavy (non-hydrogen) atoms. The molecule has 1 atom stereocenters. The molecule has 0 radical (unpaired) electrons. The number of thiocarbonyl (C=S) groups is 1. The quantitative estimate of drug-likeness (QED) is 0.563. The van der Waals surface area contributed by atoms with Crippen molar-refractivity contribution < 1.29 is 15.0 Å². The molecule has 1 aromatic rings. The van der Waals surface area contributed by atoms with Gasteiger partial charge in [0.1, 0.15) is 11.5 Å². The molecule has 1 fully saturated rings. The zero-order valence-corrected chi connectivity index (χ0v) is 11.2. The summed E-state index contributed by atoms with van der Waals surface area (Å²) in [6.07, 6.45) is 2.59. The Bertz CT molecular complexity index is 519. The molecular formula is C13H16N2O3S. The minimum atomic E-state index is -0.356. The Labute approximate surface area is 116 Å². The molecule has 102 valence electrons. The Balaban J connectivity index is 2.31. The van der Waals surface area contributed by atoms with Crippen LogP contribution in [0.3, 0.4) is 0 Å². The van der Waals surface area contributed by atoms with E-state index in [0.717, 1.165) is 19.3 Å². The van der Waals surface area contributed by atoms with Crippen molar-refractivity contribution in [1.82, 2.24) is 4.90 Å². The second-order valence-electron chi connectivity index (χ2n) is 4.61. The molecular weight excluding hydrogens is 264 g/mol. The number of aromatic hydroxyl groups is 2. The van der Waals surface area contributed by atoms with Crippen molar-refractivity contribution in [2.24, 2.45) is 5.73 Å². The standard InChI is InChI=1S/C13H16N2O3S/c14-12(19)10-3-1-2-6-15(10)13(18)9-7-8(16)4-5-11(9)17/h4-5,7,10,16-17H,1-3,6H2,(H2,14,19). The van der Waals surface area contributed by atoms with Crippen LogP contribution in [-0.2, 0) is 0 Å². The fraction of sp³-hybridized carbons (Fsp3) is 0.385. The van der Waals surface area contributed by atoms with Crippen LogP contribution < -0.4 is 5.73 Å². The number of carbonyl (C=O) groups excluding carboxylic acids is 1. The van der Waals surface area contributed by atoms with E-state index in [4.69, 9.17) is 18.0 Å². The molecule has 5 nitrogen and oxygen atoms in total. The topological polar surface area (TPSA) is 86.8 Å². The summed E-state index contributed by atoms with van der Waals surface area (Å²) in [5.41, 5.74) is 5.74. The fourth-order valence-electron chi connectivity index (χ4n) is 2.32. The number of phenols is 2. The Morgan fingerprint density at radius 3 is 2.79 bits per heavy atom. The average Bonchev–Trinajstić information content (AvgIpc) is 2.40. The van der Waals surface area contributed by atoms with Gasteiger partial charge < -0.3 is 20.8 Å². The van der Waals surface area contributed by atoms with E-state index in [9.17, 15) is 15.0 Å². The van der Waals surface area contributed by atoms with Crippen LogP contribution >= 0.6 is 12.2 Å². The lowest BCUT2D eigenvalue weighted by Gasteiger charge is -2.35. The van der Waals surface area contributed by atoms with Crippen LogP contribution in [-0.4, -0.2) is 38.6 Å². The molecule has 1 amide bonds. The summed E-state index contributed by atoms with van der Waals surface area (Å²) >= 11 is 4.99. The van der Waals surface area contributed by atoms with E-state index in [1.165, 1.54) is 18.2 Å². The minimum absolute atomic E-state index is 0.0648. The van der Waals surface area contributed by atoms with Gasteiger partial charge in [0, 0.05) is 6.54 Å². The van der Waals surface area contributed by atoms with Crippen molar-refractivity contribution in [3.63, 3.8) is 0 Å². The maximum absolute atomic E-state index is 12.4. The van der Waals surface area contributed by atoms with Gasteiger partial charge >= 0.3 is 0 Å². The molecule has 1 heterocycles. The summed E-state index contributed by atoms with van der Waals surface area (Å²) in [6.45, 7) is 0.552. The first-order chi connectivity index (χ1) is 9.00. The Morgan fingerprint density at radius 1 is 1.37 bits per heavy atom. The normalized spacial score (nSPS) is 19.2. The second kappa shape index (κ2) is 5.44. The number of hydrogen-bond donors (Lipinski definition) is 3. The second-order valence-corrected chi connectivity index (χ2v) is 5.09. The largest absolute Gasteiger partial charge is 0.508 e. The third-order valence-electron chi connectivity index (χ3n) is 3.30. The Morgan fingerprint density at radius 2 is 2.11 bits per heavy atom. The van der Waals surface area contributed by atoms with E-state index in [1.54, 1.807) is 4.90 Å². The van der Waals surface area contributed by atoms with Gasteiger partial charge in [-0.25, -0.2) is 0 Å². The molecule has 1 aromatic carbocycles. The van der Waals surface area contributed by atoms with Crippen LogP contribution in [0.15, 0.2) is 18.2 Å². The first kappa shape index (κ1) is 13.6. The van der Waals surface area contributed by atoms with Crippen molar-refractivity contribution in [1.29, 1.82) is 0 Å². The number of nitrogens with zero attached hydrogens (tertiary/aromatic N) is 1. The van der Waals surface area contributed by atoms with E-state index in [2.05, 4.69) is 0 Å². The predicted octanol–water partition coefficient (Wildman–Crippen LogP) is 1.38. The summed E-state index contributed by atoms with van der Waals surface area (Å²) in [7, 11) is 0. The lowest BCUT2D eigenvalue weighted by Crippen LogP contribution is -2.49. The summed E-state index contributed by atoms with van der Waals surface area (Å²) in [4.78, 5) is 14.3. The first-order valence-electron chi connectivity index (χ1n) is 6.13. The smallest absolute Gasteiger partial charge is 0.258 e. The van der Waals surface area contributed by atoms with E-state index < -0.39 is 0 Å². The molecule has 0 saturated carbocycles. The maximum atomic E-state index is 12.4. The van der Waals surface area contributed by atoms with Crippen LogP contribution in [0.25, 0.3) is 0 Å². The number of hydrogen-bond acceptors (Lipinski definition) is 4. The first-order valence-corrected chi connectivity index (χ1v) is 6.54. The van der Waals surface area contributed by atoms with Gasteiger partial charge in [-0.05, 0) is 37.5 Å². The van der Waals surface area contributed by atoms with Gasteiger partial charge in [-0.1, -0.05) is 12.2 Å². The number of carbonyl (C=O) groups is 1. The molecule has 0 spiro atoms. The molecule has 2 rings (SSSR count). The SMILES string of the molecule is NC(=S)C1CCCCN1C(=O)c1cc(O)ccc1O. The summed E-state index contributed by atoms with van der Waals surface area (Å²) < 4.78 is 0. The molecule has 1 aliphatic rings. The Kier molecular flexibility index (Phi) is 3.90. The predicted molar refractivity (Wildman–Crippen MR) is 75.2 cm³/mol. The monoisotopic (exact) mass is 280 g/mol. The Hall–Kier alpha value is -1.82. The number of phenolic OH excluding ortho intramolecular Hbond substituents is 2. The summed E-state index contributed by atoms with van der Waals surface area (Å²) in [5.74, 6) is -0.578. The zero-order valence-electron chi connectivity index (χ0n) is 10.4. The van der Waals surface area contributed by atoms with Crippen molar-refractivity contribution in [2.45, 2.75) is 25.3 Å². The van der Waals surface area contributed by atoms with Gasteiger partial charge in [0.05, 0.1) is 16.6 Å². The van der Waals surface area contributed by atoms with Crippen molar-refractivity contribution in [2.75, 3.05) is 6.54 Å². The summed E-state index contributed by atoms with van der Waals surface area (Å²) in [5, 5.41) is 19.2. The molecule has 1 aliphatic heterocycles. The summed E-state index contributed by atoms with van der Waals surface area (Å²) in [6, 6.07) is 3.59. The van der Waals surface area contributed by atoms with Gasteiger partial charge in [0.15, 0.2) is 0 Å². The van der Waals surface area contributed by atoms with E-state index in [1.807, 2.05) is 0 Å². The third-order valence-corrected chi connectivity index (χ3v) is 3.57. The van der Waals surface area contributed by atoms with Crippen molar-refractivity contribution in [3.8, 4) is 11.5 Å². The van der Waals surface area contributed by atoms with Gasteiger partial charge in [0.2, 0.25) is 0 Å². The highest BCUT2D eigenvalue weighted by Gasteiger charge is 2.30. The number of piperidine rings is 1. The fourth-order valence-corrected chi connectivity index (χ4v) is 2.57. The highest BCUT2D eigenvalue weighted by atomic mass is 32.1. The van der Waals surface area contributed by atoms with Crippen LogP contribution in [0.1, 0.15) is 29.6 Å². The molecule has 6 heteroatoms. The molecule has 0 bridgehead atoms. The van der Waals surface area contributed by atoms with E-state index in [-0.39, 0.29) is 34.0 Å². The number of likely N-dealkylation sites (tertiary alicyclic amines) is 1. The number of amides is 1. The van der Waals surface area contributed by atoms with Gasteiger partial charge in [-0.3, -0.25) is 4.79 Å². The molecule has 1 unspecified atom stereocenters. The van der Waals surface area contributed by atoms with Gasteiger partial charge in [0.25, 0.3) is 5.91 Å². The van der Waals surface area contributed by atoms with E-state index in [0.29, 0.717) is 6.54 Å². The highest BCUT2D eigenvalue weighted by Crippen LogP contribution is 2.26. The minimum Gasteiger partial charge on any atom is -0.508 e. The molecule has 4 N–H and O–H groups in total. The van der Waals surface area contributed by atoms with Crippen molar-refractivity contribution >= 4 is 23.1 Å². The van der Waals surface area contributed by atoms with Crippen LogP contribution in [0.2, 0.25) is 0 Å². The number of rotatable bonds is 2. The lowest BCUT2D eigenvalue weighted by molar-refractivity contribution is 0.0678. The zero-order chi connectivity index (χ0) is 14.0. The van der Waals surface area contributed by atoms with Gasteiger partial charge in [-0.15, -0.1) is 0 Å². The molecule has 0 aromatic heterocycles. The highest BCUT2D eigenvalue weighted by molar-refractivity contribution is 7.80. The number of benzene rings is 1. The van der Waals surface area contributed by atoms with Crippen LogP contribution in [0, 0.1) is 0 Å². The maximum Gasteiger partial charge on any atom is 0.258 e.